The number of hydrogen-bond acceptors (Lipinski definition) is 5. The largest absolute Gasteiger partial charge is 0.374 e. The van der Waals surface area contributed by atoms with E-state index < -0.39 is 21.4 Å². The molecule has 0 saturated carbocycles. The maximum absolute atomic E-state index is 13.6. The number of ether oxygens (including phenoxy) is 1. The van der Waals surface area contributed by atoms with Gasteiger partial charge in [-0.3, -0.25) is 0 Å². The molecular weight excluding hydrogens is 297 g/mol. The maximum Gasteiger partial charge on any atom is 0.244 e. The molecule has 8 heteroatoms. The number of benzene rings is 1. The van der Waals surface area contributed by atoms with E-state index >= 15 is 0 Å². The van der Waals surface area contributed by atoms with Gasteiger partial charge in [-0.1, -0.05) is 6.07 Å². The van der Waals surface area contributed by atoms with Crippen LogP contribution in [-0.2, 0) is 14.8 Å². The van der Waals surface area contributed by atoms with Crippen molar-refractivity contribution in [1.82, 2.24) is 9.62 Å². The number of hydrogen-bond donors (Lipinski definition) is 1. The molecule has 1 aliphatic heterocycles. The lowest BCUT2D eigenvalue weighted by molar-refractivity contribution is 0.000816. The predicted octanol–water partition coefficient (Wildman–Crippen LogP) is 0.306. The van der Waals surface area contributed by atoms with E-state index in [-0.39, 0.29) is 30.7 Å². The Morgan fingerprint density at radius 3 is 3.00 bits per heavy atom. The molecule has 0 bridgehead atoms. The fourth-order valence-electron chi connectivity index (χ4n) is 2.23. The molecule has 114 valence electrons. The SMILES string of the molecule is CNCC1CN(S(=O)(=O)c2cccc(F)c2C#N)CCO1. The van der Waals surface area contributed by atoms with Crippen molar-refractivity contribution in [3.05, 3.63) is 29.6 Å². The lowest BCUT2D eigenvalue weighted by Crippen LogP contribution is -2.48. The van der Waals surface area contributed by atoms with Crippen LogP contribution in [0, 0.1) is 17.1 Å². The minimum Gasteiger partial charge on any atom is -0.374 e. The molecule has 0 radical (unpaired) electrons. The minimum absolute atomic E-state index is 0.171. The highest BCUT2D eigenvalue weighted by molar-refractivity contribution is 7.89. The molecule has 2 rings (SSSR count). The topological polar surface area (TPSA) is 82.4 Å². The number of nitrogens with zero attached hydrogens (tertiary/aromatic N) is 2. The average molecular weight is 313 g/mol. The Balaban J connectivity index is 2.34. The summed E-state index contributed by atoms with van der Waals surface area (Å²) >= 11 is 0. The van der Waals surface area contributed by atoms with Crippen molar-refractivity contribution in [1.29, 1.82) is 5.26 Å². The number of rotatable bonds is 4. The van der Waals surface area contributed by atoms with Gasteiger partial charge in [0.2, 0.25) is 10.0 Å². The summed E-state index contributed by atoms with van der Waals surface area (Å²) < 4.78 is 45.5. The molecule has 1 aliphatic rings. The molecule has 0 aromatic heterocycles. The average Bonchev–Trinajstić information content (AvgIpc) is 2.47. The normalized spacial score (nSPS) is 20.1. The van der Waals surface area contributed by atoms with Gasteiger partial charge in [-0.05, 0) is 19.2 Å². The minimum atomic E-state index is -3.92. The second-order valence-electron chi connectivity index (χ2n) is 4.64. The first-order chi connectivity index (χ1) is 10.0. The molecule has 21 heavy (non-hydrogen) atoms. The second kappa shape index (κ2) is 6.49. The monoisotopic (exact) mass is 313 g/mol. The smallest absolute Gasteiger partial charge is 0.244 e. The Bertz CT molecular complexity index is 655. The van der Waals surface area contributed by atoms with Crippen molar-refractivity contribution in [2.24, 2.45) is 0 Å². The van der Waals surface area contributed by atoms with Crippen LogP contribution in [0.4, 0.5) is 4.39 Å². The third-order valence-electron chi connectivity index (χ3n) is 3.24. The second-order valence-corrected chi connectivity index (χ2v) is 6.54. The Hall–Kier alpha value is -1.53. The van der Waals surface area contributed by atoms with E-state index in [4.69, 9.17) is 10.00 Å². The quantitative estimate of drug-likeness (QED) is 0.865. The molecule has 0 aliphatic carbocycles. The molecule has 1 heterocycles. The number of nitriles is 1. The summed E-state index contributed by atoms with van der Waals surface area (Å²) in [7, 11) is -2.17. The van der Waals surface area contributed by atoms with Crippen LogP contribution >= 0.6 is 0 Å². The van der Waals surface area contributed by atoms with Gasteiger partial charge in [-0.15, -0.1) is 0 Å². The lowest BCUT2D eigenvalue weighted by Gasteiger charge is -2.32. The number of morpholine rings is 1. The lowest BCUT2D eigenvalue weighted by atomic mass is 10.2. The van der Waals surface area contributed by atoms with E-state index in [1.165, 1.54) is 16.4 Å². The summed E-state index contributed by atoms with van der Waals surface area (Å²) in [6.45, 7) is 1.14. The van der Waals surface area contributed by atoms with Crippen molar-refractivity contribution < 1.29 is 17.5 Å². The molecule has 6 nitrogen and oxygen atoms in total. The molecule has 1 aromatic rings. The third kappa shape index (κ3) is 3.22. The fourth-order valence-corrected chi connectivity index (χ4v) is 3.84. The van der Waals surface area contributed by atoms with Crippen molar-refractivity contribution in [2.75, 3.05) is 33.3 Å². The summed E-state index contributed by atoms with van der Waals surface area (Å²) in [5.74, 6) is -0.835. The Kier molecular flexibility index (Phi) is 4.90. The van der Waals surface area contributed by atoms with Crippen molar-refractivity contribution >= 4 is 10.0 Å². The summed E-state index contributed by atoms with van der Waals surface area (Å²) in [5.41, 5.74) is -0.450. The number of likely N-dealkylation sites (N-methyl/N-ethyl adjacent to an activating group) is 1. The Morgan fingerprint density at radius 1 is 1.57 bits per heavy atom. The zero-order valence-electron chi connectivity index (χ0n) is 11.5. The molecule has 0 spiro atoms. The Labute approximate surface area is 123 Å². The highest BCUT2D eigenvalue weighted by Gasteiger charge is 2.32. The van der Waals surface area contributed by atoms with Gasteiger partial charge in [0, 0.05) is 19.6 Å². The number of halogens is 1. The van der Waals surface area contributed by atoms with Crippen LogP contribution in [0.5, 0.6) is 0 Å². The van der Waals surface area contributed by atoms with Gasteiger partial charge in [0.15, 0.2) is 0 Å². The first-order valence-corrected chi connectivity index (χ1v) is 7.89. The number of nitrogens with one attached hydrogen (secondary N) is 1. The first kappa shape index (κ1) is 15.9. The Morgan fingerprint density at radius 2 is 2.33 bits per heavy atom. The van der Waals surface area contributed by atoms with E-state index in [0.717, 1.165) is 6.07 Å². The first-order valence-electron chi connectivity index (χ1n) is 6.45. The fraction of sp³-hybridized carbons (Fsp3) is 0.462. The van der Waals surface area contributed by atoms with Crippen molar-refractivity contribution in [3.8, 4) is 6.07 Å². The molecular formula is C13H16FN3O3S. The zero-order valence-corrected chi connectivity index (χ0v) is 12.4. The van der Waals surface area contributed by atoms with Crippen LogP contribution in [0.3, 0.4) is 0 Å². The third-order valence-corrected chi connectivity index (χ3v) is 5.15. The predicted molar refractivity (Wildman–Crippen MR) is 73.5 cm³/mol. The van der Waals surface area contributed by atoms with E-state index in [1.54, 1.807) is 13.1 Å². The molecule has 1 saturated heterocycles. The van der Waals surface area contributed by atoms with Gasteiger partial charge in [-0.25, -0.2) is 12.8 Å². The van der Waals surface area contributed by atoms with Gasteiger partial charge in [0.05, 0.1) is 12.7 Å². The van der Waals surface area contributed by atoms with E-state index in [2.05, 4.69) is 5.32 Å². The molecule has 0 amide bonds. The molecule has 1 fully saturated rings. The van der Waals surface area contributed by atoms with E-state index in [0.29, 0.717) is 6.54 Å². The van der Waals surface area contributed by atoms with Crippen LogP contribution in [0.2, 0.25) is 0 Å². The van der Waals surface area contributed by atoms with Crippen LogP contribution in [0.15, 0.2) is 23.1 Å². The number of sulfonamides is 1. The summed E-state index contributed by atoms with van der Waals surface area (Å²) in [5, 5.41) is 11.9. The highest BCUT2D eigenvalue weighted by atomic mass is 32.2. The standard InChI is InChI=1S/C13H16FN3O3S/c1-16-8-10-9-17(5-6-20-10)21(18,19)13-4-2-3-12(14)11(13)7-15/h2-4,10,16H,5-6,8-9H2,1H3. The summed E-state index contributed by atoms with van der Waals surface area (Å²) in [6.07, 6.45) is -0.266. The van der Waals surface area contributed by atoms with Crippen LogP contribution < -0.4 is 5.32 Å². The van der Waals surface area contributed by atoms with Crippen LogP contribution in [-0.4, -0.2) is 52.1 Å². The van der Waals surface area contributed by atoms with Gasteiger partial charge in [-0.2, -0.15) is 9.57 Å². The van der Waals surface area contributed by atoms with Gasteiger partial charge in [0.1, 0.15) is 22.3 Å². The van der Waals surface area contributed by atoms with Crippen LogP contribution in [0.1, 0.15) is 5.56 Å². The summed E-state index contributed by atoms with van der Waals surface area (Å²) in [6, 6.07) is 5.23. The highest BCUT2D eigenvalue weighted by Crippen LogP contribution is 2.23. The van der Waals surface area contributed by atoms with Crippen molar-refractivity contribution in [3.63, 3.8) is 0 Å². The van der Waals surface area contributed by atoms with E-state index in [1.807, 2.05) is 0 Å². The van der Waals surface area contributed by atoms with Gasteiger partial charge in [0.25, 0.3) is 0 Å². The molecule has 1 unspecified atom stereocenters. The van der Waals surface area contributed by atoms with Crippen molar-refractivity contribution in [2.45, 2.75) is 11.0 Å². The zero-order chi connectivity index (χ0) is 15.5. The molecule has 1 atom stereocenters. The van der Waals surface area contributed by atoms with E-state index in [9.17, 15) is 12.8 Å². The molecule has 1 N–H and O–H groups in total. The maximum atomic E-state index is 13.6. The van der Waals surface area contributed by atoms with Gasteiger partial charge < -0.3 is 10.1 Å². The van der Waals surface area contributed by atoms with Crippen LogP contribution in [0.25, 0.3) is 0 Å². The summed E-state index contributed by atoms with van der Waals surface area (Å²) in [4.78, 5) is -0.296. The molecule has 1 aromatic carbocycles. The van der Waals surface area contributed by atoms with Gasteiger partial charge >= 0.3 is 0 Å².